The Morgan fingerprint density at radius 3 is 2.10 bits per heavy atom. The van der Waals surface area contributed by atoms with Gasteiger partial charge in [-0.3, -0.25) is 9.79 Å². The van der Waals surface area contributed by atoms with Gasteiger partial charge in [0, 0.05) is 11.1 Å². The molecule has 0 saturated heterocycles. The fourth-order valence-electron chi connectivity index (χ4n) is 2.78. The van der Waals surface area contributed by atoms with Gasteiger partial charge in [-0.05, 0) is 78.1 Å². The van der Waals surface area contributed by atoms with Crippen LogP contribution in [-0.2, 0) is 0 Å². The van der Waals surface area contributed by atoms with Crippen molar-refractivity contribution in [3.8, 4) is 0 Å². The molecule has 0 aromatic heterocycles. The minimum Gasteiger partial charge on any atom is -0.363 e. The van der Waals surface area contributed by atoms with Crippen molar-refractivity contribution in [2.45, 2.75) is 66.5 Å². The summed E-state index contributed by atoms with van der Waals surface area (Å²) in [6.45, 7) is 16.4. The molecular formula is C18H26N2O. The Labute approximate surface area is 127 Å². The van der Waals surface area contributed by atoms with E-state index in [-0.39, 0.29) is 16.9 Å². The molecular weight excluding hydrogens is 260 g/mol. The van der Waals surface area contributed by atoms with E-state index in [4.69, 9.17) is 4.99 Å². The number of aryl methyl sites for hydroxylation is 1. The fourth-order valence-corrected chi connectivity index (χ4v) is 2.78. The van der Waals surface area contributed by atoms with Crippen molar-refractivity contribution in [2.75, 3.05) is 0 Å². The van der Waals surface area contributed by atoms with Crippen molar-refractivity contribution in [1.82, 2.24) is 5.32 Å². The Kier molecular flexibility index (Phi) is 3.51. The van der Waals surface area contributed by atoms with E-state index < -0.39 is 0 Å². The van der Waals surface area contributed by atoms with Crippen LogP contribution < -0.4 is 5.32 Å². The maximum Gasteiger partial charge on any atom is 0.160 e. The highest BCUT2D eigenvalue weighted by atomic mass is 16.1. The van der Waals surface area contributed by atoms with Gasteiger partial charge in [-0.1, -0.05) is 0 Å². The van der Waals surface area contributed by atoms with E-state index in [9.17, 15) is 4.79 Å². The van der Waals surface area contributed by atoms with Crippen LogP contribution in [0.2, 0.25) is 0 Å². The molecule has 0 radical (unpaired) electrons. The topological polar surface area (TPSA) is 41.5 Å². The molecule has 0 spiro atoms. The number of benzene rings is 1. The summed E-state index contributed by atoms with van der Waals surface area (Å²) in [4.78, 5) is 16.8. The second-order valence-corrected chi connectivity index (χ2v) is 7.19. The number of hydrogen-bond donors (Lipinski definition) is 1. The van der Waals surface area contributed by atoms with Crippen molar-refractivity contribution < 1.29 is 4.79 Å². The Balaban J connectivity index is 2.69. The zero-order valence-electron chi connectivity index (χ0n) is 14.4. The lowest BCUT2D eigenvalue weighted by molar-refractivity contribution is 0.101. The molecule has 1 aliphatic rings. The molecule has 3 nitrogen and oxygen atoms in total. The highest BCUT2D eigenvalue weighted by Gasteiger charge is 2.43. The highest BCUT2D eigenvalue weighted by molar-refractivity contribution is 6.07. The molecule has 1 aromatic carbocycles. The number of carbonyl (C=O) groups excluding carboxylic acids is 1. The number of amidine groups is 1. The molecule has 0 unspecified atom stereocenters. The van der Waals surface area contributed by atoms with Crippen LogP contribution >= 0.6 is 0 Å². The van der Waals surface area contributed by atoms with Crippen LogP contribution in [0.5, 0.6) is 0 Å². The third kappa shape index (κ3) is 2.39. The van der Waals surface area contributed by atoms with Gasteiger partial charge < -0.3 is 5.32 Å². The number of ketones is 1. The SMILES string of the molecule is CC(=O)c1cc(C)c(C)c(C2=NC(C)(C)C(C)(C)N2)c1C. The molecule has 0 bridgehead atoms. The van der Waals surface area contributed by atoms with Gasteiger partial charge in [-0.15, -0.1) is 0 Å². The summed E-state index contributed by atoms with van der Waals surface area (Å²) in [5, 5.41) is 3.55. The fraction of sp³-hybridized carbons (Fsp3) is 0.556. The Hall–Kier alpha value is -1.64. The molecule has 1 heterocycles. The number of nitrogens with zero attached hydrogens (tertiary/aromatic N) is 1. The largest absolute Gasteiger partial charge is 0.363 e. The van der Waals surface area contributed by atoms with Crippen molar-refractivity contribution in [3.63, 3.8) is 0 Å². The van der Waals surface area contributed by atoms with Gasteiger partial charge in [0.25, 0.3) is 0 Å². The molecule has 0 aliphatic carbocycles. The lowest BCUT2D eigenvalue weighted by Gasteiger charge is -2.32. The summed E-state index contributed by atoms with van der Waals surface area (Å²) in [5.41, 5.74) is 4.93. The van der Waals surface area contributed by atoms with Crippen LogP contribution in [0.25, 0.3) is 0 Å². The van der Waals surface area contributed by atoms with E-state index in [0.717, 1.165) is 28.1 Å². The second-order valence-electron chi connectivity index (χ2n) is 7.19. The van der Waals surface area contributed by atoms with E-state index in [2.05, 4.69) is 46.9 Å². The van der Waals surface area contributed by atoms with Gasteiger partial charge in [0.1, 0.15) is 5.84 Å². The second kappa shape index (κ2) is 4.69. The molecule has 0 saturated carbocycles. The Bertz CT molecular complexity index is 652. The summed E-state index contributed by atoms with van der Waals surface area (Å²) in [7, 11) is 0. The molecule has 0 amide bonds. The summed E-state index contributed by atoms with van der Waals surface area (Å²) >= 11 is 0. The van der Waals surface area contributed by atoms with Crippen molar-refractivity contribution in [2.24, 2.45) is 4.99 Å². The predicted molar refractivity (Wildman–Crippen MR) is 88.5 cm³/mol. The molecule has 21 heavy (non-hydrogen) atoms. The summed E-state index contributed by atoms with van der Waals surface area (Å²) < 4.78 is 0. The number of nitrogens with one attached hydrogen (secondary N) is 1. The minimum atomic E-state index is -0.179. The molecule has 1 aliphatic heterocycles. The van der Waals surface area contributed by atoms with E-state index >= 15 is 0 Å². The molecule has 114 valence electrons. The lowest BCUT2D eigenvalue weighted by Crippen LogP contribution is -2.50. The maximum absolute atomic E-state index is 11.9. The Morgan fingerprint density at radius 1 is 1.10 bits per heavy atom. The molecule has 1 aromatic rings. The minimum absolute atomic E-state index is 0.106. The van der Waals surface area contributed by atoms with Gasteiger partial charge >= 0.3 is 0 Å². The molecule has 0 atom stereocenters. The highest BCUT2D eigenvalue weighted by Crippen LogP contribution is 2.34. The number of aliphatic imine (C=N–C) groups is 1. The van der Waals surface area contributed by atoms with Crippen molar-refractivity contribution in [1.29, 1.82) is 0 Å². The zero-order valence-corrected chi connectivity index (χ0v) is 14.4. The maximum atomic E-state index is 11.9. The Morgan fingerprint density at radius 2 is 1.67 bits per heavy atom. The zero-order chi connectivity index (χ0) is 16.2. The van der Waals surface area contributed by atoms with Gasteiger partial charge in [0.15, 0.2) is 5.78 Å². The van der Waals surface area contributed by atoms with Crippen LogP contribution in [-0.4, -0.2) is 22.7 Å². The van der Waals surface area contributed by atoms with Gasteiger partial charge in [0.2, 0.25) is 0 Å². The molecule has 3 heteroatoms. The van der Waals surface area contributed by atoms with E-state index in [0.29, 0.717) is 0 Å². The first kappa shape index (κ1) is 15.7. The van der Waals surface area contributed by atoms with Crippen LogP contribution in [0.15, 0.2) is 11.1 Å². The van der Waals surface area contributed by atoms with Gasteiger partial charge in [0.05, 0.1) is 11.1 Å². The van der Waals surface area contributed by atoms with E-state index in [1.54, 1.807) is 6.92 Å². The first-order valence-electron chi connectivity index (χ1n) is 7.48. The van der Waals surface area contributed by atoms with Gasteiger partial charge in [-0.25, -0.2) is 0 Å². The lowest BCUT2D eigenvalue weighted by atomic mass is 9.85. The summed E-state index contributed by atoms with van der Waals surface area (Å²) in [6.07, 6.45) is 0. The predicted octanol–water partition coefficient (Wildman–Crippen LogP) is 3.72. The van der Waals surface area contributed by atoms with Gasteiger partial charge in [-0.2, -0.15) is 0 Å². The quantitative estimate of drug-likeness (QED) is 0.842. The third-order valence-electron chi connectivity index (χ3n) is 5.07. The first-order valence-corrected chi connectivity index (χ1v) is 7.48. The van der Waals surface area contributed by atoms with Crippen LogP contribution in [0.1, 0.15) is 67.2 Å². The van der Waals surface area contributed by atoms with Crippen molar-refractivity contribution in [3.05, 3.63) is 33.9 Å². The van der Waals surface area contributed by atoms with E-state index in [1.807, 2.05) is 13.0 Å². The number of hydrogen-bond acceptors (Lipinski definition) is 3. The van der Waals surface area contributed by atoms with Crippen LogP contribution in [0.4, 0.5) is 0 Å². The standard InChI is InChI=1S/C18H26N2O/c1-10-9-14(13(4)21)12(3)15(11(10)2)16-19-17(5,6)18(7,8)20-16/h9H,1-8H3,(H,19,20). The molecule has 2 rings (SSSR count). The normalized spacial score (nSPS) is 19.1. The smallest absolute Gasteiger partial charge is 0.160 e. The monoisotopic (exact) mass is 286 g/mol. The van der Waals surface area contributed by atoms with E-state index in [1.165, 1.54) is 5.56 Å². The summed E-state index contributed by atoms with van der Waals surface area (Å²) in [6, 6.07) is 1.99. The van der Waals surface area contributed by atoms with Crippen LogP contribution in [0, 0.1) is 20.8 Å². The first-order chi connectivity index (χ1) is 9.48. The average Bonchev–Trinajstić information content (AvgIpc) is 2.52. The summed E-state index contributed by atoms with van der Waals surface area (Å²) in [5.74, 6) is 1.01. The molecule has 0 fully saturated rings. The number of rotatable bonds is 2. The van der Waals surface area contributed by atoms with Crippen LogP contribution in [0.3, 0.4) is 0 Å². The number of Topliss-reactive ketones (excluding diaryl/α,β-unsaturated/α-hetero) is 1. The third-order valence-corrected chi connectivity index (χ3v) is 5.07. The number of carbonyl (C=O) groups is 1. The average molecular weight is 286 g/mol. The van der Waals surface area contributed by atoms with Crippen molar-refractivity contribution >= 4 is 11.6 Å². The molecule has 1 N–H and O–H groups in total.